The second-order valence-electron chi connectivity index (χ2n) is 9.95. The lowest BCUT2D eigenvalue weighted by Crippen LogP contribution is -2.40. The monoisotopic (exact) mass is 529 g/mol. The maximum absolute atomic E-state index is 13.4. The van der Waals surface area contributed by atoms with E-state index in [-0.39, 0.29) is 24.0 Å². The van der Waals surface area contributed by atoms with Crippen LogP contribution in [0.4, 0.5) is 5.69 Å². The van der Waals surface area contributed by atoms with Gasteiger partial charge in [-0.25, -0.2) is 14.3 Å². The molecular formula is C30H23N7O3. The molecule has 7 rings (SSSR count). The Hall–Kier alpha value is -5.38. The van der Waals surface area contributed by atoms with Crippen LogP contribution >= 0.6 is 0 Å². The largest absolute Gasteiger partial charge is 0.335 e. The number of carbonyl (C=O) groups is 2. The van der Waals surface area contributed by atoms with Crippen LogP contribution in [0.5, 0.6) is 0 Å². The van der Waals surface area contributed by atoms with Gasteiger partial charge in [0.15, 0.2) is 0 Å². The Bertz CT molecular complexity index is 1890. The van der Waals surface area contributed by atoms with Crippen molar-refractivity contribution in [2.75, 3.05) is 5.32 Å². The number of hydrogen-bond donors (Lipinski definition) is 2. The fraction of sp³-hybridized carbons (Fsp3) is 0.133. The number of fused-ring (bicyclic) bond motifs is 2. The van der Waals surface area contributed by atoms with Crippen molar-refractivity contribution in [3.63, 3.8) is 0 Å². The van der Waals surface area contributed by atoms with Crippen LogP contribution in [-0.4, -0.2) is 42.3 Å². The molecule has 1 aliphatic heterocycles. The molecule has 5 aromatic rings. The Balaban J connectivity index is 1.13. The van der Waals surface area contributed by atoms with Gasteiger partial charge in [-0.3, -0.25) is 24.1 Å². The van der Waals surface area contributed by atoms with Crippen LogP contribution in [-0.2, 0) is 29.0 Å². The zero-order valence-corrected chi connectivity index (χ0v) is 21.2. The summed E-state index contributed by atoms with van der Waals surface area (Å²) in [7, 11) is 0. The van der Waals surface area contributed by atoms with Crippen molar-refractivity contribution in [3.8, 4) is 5.82 Å². The van der Waals surface area contributed by atoms with E-state index in [0.29, 0.717) is 41.2 Å². The smallest absolute Gasteiger partial charge is 0.325 e. The number of rotatable bonds is 5. The normalized spacial score (nSPS) is 17.6. The Kier molecular flexibility index (Phi) is 5.41. The van der Waals surface area contributed by atoms with Gasteiger partial charge in [0.1, 0.15) is 23.7 Å². The van der Waals surface area contributed by atoms with E-state index in [9.17, 15) is 14.4 Å². The predicted octanol–water partition coefficient (Wildman–Crippen LogP) is 2.63. The molecule has 10 nitrogen and oxygen atoms in total. The molecule has 1 spiro atoms. The number of nitrogens with one attached hydrogen (secondary N) is 2. The van der Waals surface area contributed by atoms with E-state index in [1.165, 1.54) is 9.13 Å². The quantitative estimate of drug-likeness (QED) is 0.362. The van der Waals surface area contributed by atoms with Crippen molar-refractivity contribution in [1.82, 2.24) is 24.4 Å². The maximum atomic E-state index is 13.4. The second kappa shape index (κ2) is 9.12. The molecule has 1 atom stereocenters. The van der Waals surface area contributed by atoms with E-state index in [2.05, 4.69) is 20.6 Å². The number of hydrogen-bond acceptors (Lipinski definition) is 6. The zero-order valence-electron chi connectivity index (χ0n) is 21.2. The highest BCUT2D eigenvalue weighted by Gasteiger charge is 2.48. The molecule has 196 valence electrons. The zero-order chi connectivity index (χ0) is 27.3. The van der Waals surface area contributed by atoms with Crippen molar-refractivity contribution >= 4 is 34.4 Å². The lowest BCUT2D eigenvalue weighted by Gasteiger charge is -2.14. The maximum Gasteiger partial charge on any atom is 0.335 e. The number of aliphatic imine (C=N–C) groups is 1. The summed E-state index contributed by atoms with van der Waals surface area (Å²) in [5, 5.41) is 5.84. The number of pyridine rings is 2. The fourth-order valence-corrected chi connectivity index (χ4v) is 5.55. The van der Waals surface area contributed by atoms with Gasteiger partial charge >= 0.3 is 5.69 Å². The van der Waals surface area contributed by atoms with Crippen LogP contribution in [0.2, 0.25) is 0 Å². The molecule has 1 unspecified atom stereocenters. The van der Waals surface area contributed by atoms with Crippen molar-refractivity contribution in [2.45, 2.75) is 24.9 Å². The summed E-state index contributed by atoms with van der Waals surface area (Å²) in [6.45, 7) is -0.164. The van der Waals surface area contributed by atoms with E-state index in [1.807, 2.05) is 60.7 Å². The Morgan fingerprint density at radius 1 is 0.900 bits per heavy atom. The van der Waals surface area contributed by atoms with Crippen LogP contribution in [0.1, 0.15) is 16.7 Å². The molecule has 0 fully saturated rings. The van der Waals surface area contributed by atoms with Crippen molar-refractivity contribution in [3.05, 3.63) is 119 Å². The Morgan fingerprint density at radius 2 is 1.68 bits per heavy atom. The van der Waals surface area contributed by atoms with Crippen molar-refractivity contribution in [2.24, 2.45) is 4.99 Å². The number of benzene rings is 2. The Morgan fingerprint density at radius 3 is 2.48 bits per heavy atom. The number of aromatic nitrogens is 4. The van der Waals surface area contributed by atoms with Crippen molar-refractivity contribution in [1.29, 1.82) is 0 Å². The molecule has 2 aromatic carbocycles. The SMILES string of the molecule is O=C(Cn1c(=O)n(-c2ccccn2)c2ccccc21)Nc1ccc2c(c1)CC1(C2)N=C(c2ccncc2)NC1=O. The van der Waals surface area contributed by atoms with E-state index in [1.54, 1.807) is 30.7 Å². The average Bonchev–Trinajstić information content (AvgIpc) is 3.60. The summed E-state index contributed by atoms with van der Waals surface area (Å²) >= 11 is 0. The summed E-state index contributed by atoms with van der Waals surface area (Å²) < 4.78 is 2.95. The second-order valence-corrected chi connectivity index (χ2v) is 9.95. The third-order valence-corrected chi connectivity index (χ3v) is 7.41. The molecule has 0 bridgehead atoms. The first-order chi connectivity index (χ1) is 19.5. The predicted molar refractivity (Wildman–Crippen MR) is 149 cm³/mol. The van der Waals surface area contributed by atoms with Gasteiger partial charge in [0, 0.05) is 42.7 Å². The highest BCUT2D eigenvalue weighted by molar-refractivity contribution is 6.15. The summed E-state index contributed by atoms with van der Waals surface area (Å²) in [6, 6.07) is 21.9. The molecule has 2 N–H and O–H groups in total. The third-order valence-electron chi connectivity index (χ3n) is 7.41. The molecule has 3 aromatic heterocycles. The van der Waals surface area contributed by atoms with Gasteiger partial charge in [-0.05, 0) is 59.7 Å². The lowest BCUT2D eigenvalue weighted by atomic mass is 9.97. The van der Waals surface area contributed by atoms with Crippen molar-refractivity contribution < 1.29 is 9.59 Å². The summed E-state index contributed by atoms with van der Waals surface area (Å²) in [5.41, 5.74) is 3.44. The number of amidine groups is 1. The Labute approximate surface area is 228 Å². The van der Waals surface area contributed by atoms with Gasteiger partial charge < -0.3 is 10.6 Å². The van der Waals surface area contributed by atoms with Gasteiger partial charge in [-0.15, -0.1) is 0 Å². The van der Waals surface area contributed by atoms with E-state index in [0.717, 1.165) is 16.7 Å². The number of carbonyl (C=O) groups excluding carboxylic acids is 2. The molecule has 0 radical (unpaired) electrons. The van der Waals surface area contributed by atoms with Gasteiger partial charge in [-0.1, -0.05) is 24.3 Å². The number of imidazole rings is 1. The highest BCUT2D eigenvalue weighted by Crippen LogP contribution is 2.37. The summed E-state index contributed by atoms with van der Waals surface area (Å²) in [5.74, 6) is 0.560. The van der Waals surface area contributed by atoms with Crippen LogP contribution in [0.3, 0.4) is 0 Å². The molecule has 40 heavy (non-hydrogen) atoms. The van der Waals surface area contributed by atoms with Crippen LogP contribution in [0.25, 0.3) is 16.9 Å². The average molecular weight is 530 g/mol. The first-order valence-corrected chi connectivity index (χ1v) is 12.9. The summed E-state index contributed by atoms with van der Waals surface area (Å²) in [4.78, 5) is 52.7. The van der Waals surface area contributed by atoms with E-state index >= 15 is 0 Å². The minimum absolute atomic E-state index is 0.134. The molecule has 4 heterocycles. The first-order valence-electron chi connectivity index (χ1n) is 12.9. The highest BCUT2D eigenvalue weighted by atomic mass is 16.2. The van der Waals surface area contributed by atoms with Gasteiger partial charge in [0.2, 0.25) is 5.91 Å². The molecule has 0 saturated carbocycles. The van der Waals surface area contributed by atoms with E-state index in [4.69, 9.17) is 4.99 Å². The lowest BCUT2D eigenvalue weighted by molar-refractivity contribution is -0.123. The minimum atomic E-state index is -0.899. The van der Waals surface area contributed by atoms with E-state index < -0.39 is 5.54 Å². The topological polar surface area (TPSA) is 123 Å². The number of anilines is 1. The summed E-state index contributed by atoms with van der Waals surface area (Å²) in [6.07, 6.45) is 5.87. The molecule has 2 aliphatic rings. The number of amides is 2. The first kappa shape index (κ1) is 23.7. The van der Waals surface area contributed by atoms with Gasteiger partial charge in [0.25, 0.3) is 5.91 Å². The third kappa shape index (κ3) is 3.89. The van der Waals surface area contributed by atoms with Crippen LogP contribution in [0, 0.1) is 0 Å². The van der Waals surface area contributed by atoms with Crippen LogP contribution in [0.15, 0.2) is 101 Å². The van der Waals surface area contributed by atoms with Gasteiger partial charge in [-0.2, -0.15) is 0 Å². The van der Waals surface area contributed by atoms with Crippen LogP contribution < -0.4 is 16.3 Å². The minimum Gasteiger partial charge on any atom is -0.325 e. The number of para-hydroxylation sites is 2. The van der Waals surface area contributed by atoms with Gasteiger partial charge in [0.05, 0.1) is 11.0 Å². The molecular weight excluding hydrogens is 506 g/mol. The molecule has 0 saturated heterocycles. The standard InChI is InChI=1S/C30H23N7O3/c38-26(18-36-23-5-1-2-6-24(23)37(29(36)40)25-7-3-4-12-32-25)33-22-9-8-20-16-30(17-21(20)15-22)28(39)34-27(35-30)19-10-13-31-14-11-19/h1-15H,16-18H2,(H,33,38)(H,34,35,39). The number of nitrogens with zero attached hydrogens (tertiary/aromatic N) is 5. The molecule has 1 aliphatic carbocycles. The molecule has 2 amide bonds. The molecule has 10 heteroatoms. The fourth-order valence-electron chi connectivity index (χ4n) is 5.55.